The first-order valence-corrected chi connectivity index (χ1v) is 12.4. The average Bonchev–Trinajstić information content (AvgIpc) is 2.88. The zero-order valence-electron chi connectivity index (χ0n) is 23.5. The van der Waals surface area contributed by atoms with Gasteiger partial charge in [-0.1, -0.05) is 0 Å². The number of aliphatic hydroxyl groups is 1. The van der Waals surface area contributed by atoms with Gasteiger partial charge in [0.05, 0.1) is 12.7 Å². The molecule has 15 nitrogen and oxygen atoms in total. The number of hydrogen-bond donors (Lipinski definition) is 3. The SMILES string of the molecule is COC(=O)[C@H]1O[C@@H](Oc2ccc(C=O)cc2C(=O)NCCNC(=O)OC(C)(C)C)[C@H](OC(C)=O)[C@@H](OC(C)=O)[C@@H]1O. The topological polar surface area (TPSA) is 202 Å². The van der Waals surface area contributed by atoms with E-state index in [1.807, 2.05) is 0 Å². The van der Waals surface area contributed by atoms with Crippen molar-refractivity contribution in [3.8, 4) is 5.75 Å². The second-order valence-corrected chi connectivity index (χ2v) is 9.76. The first-order chi connectivity index (χ1) is 19.2. The zero-order valence-corrected chi connectivity index (χ0v) is 23.5. The number of amides is 2. The number of hydrogen-bond acceptors (Lipinski definition) is 13. The Morgan fingerprint density at radius 1 is 1.00 bits per heavy atom. The van der Waals surface area contributed by atoms with Crippen molar-refractivity contribution in [2.24, 2.45) is 0 Å². The van der Waals surface area contributed by atoms with Crippen LogP contribution in [0.2, 0.25) is 0 Å². The molecule has 15 heteroatoms. The third-order valence-corrected chi connectivity index (χ3v) is 5.26. The lowest BCUT2D eigenvalue weighted by Gasteiger charge is -2.42. The molecule has 1 fully saturated rings. The van der Waals surface area contributed by atoms with E-state index in [0.717, 1.165) is 21.0 Å². The Kier molecular flexibility index (Phi) is 11.6. The number of aldehydes is 1. The van der Waals surface area contributed by atoms with Gasteiger partial charge in [0, 0.05) is 32.5 Å². The normalized spacial score (nSPS) is 22.0. The summed E-state index contributed by atoms with van der Waals surface area (Å²) in [6.45, 7) is 7.14. The average molecular weight is 583 g/mol. The first kappa shape index (κ1) is 33.0. The van der Waals surface area contributed by atoms with E-state index in [1.165, 1.54) is 18.2 Å². The molecule has 1 aromatic carbocycles. The standard InChI is InChI=1S/C26H34N2O13/c1-13(30)37-19-18(32)20(23(34)36-6)40-24(21(19)38-14(2)31)39-17-8-7-15(12-29)11-16(17)22(33)27-9-10-28-25(35)41-26(3,4)5/h7-8,11-12,18-21,24,32H,9-10H2,1-6H3,(H,27,33)(H,28,35)/t18-,19-,20-,21+,24+/m0/s1. The van der Waals surface area contributed by atoms with Crippen LogP contribution in [0.25, 0.3) is 0 Å². The quantitative estimate of drug-likeness (QED) is 0.147. The monoisotopic (exact) mass is 582 g/mol. The highest BCUT2D eigenvalue weighted by Gasteiger charge is 2.53. The Labute approximate surface area is 235 Å². The van der Waals surface area contributed by atoms with Gasteiger partial charge < -0.3 is 44.2 Å². The summed E-state index contributed by atoms with van der Waals surface area (Å²) in [6, 6.07) is 3.78. The van der Waals surface area contributed by atoms with Gasteiger partial charge in [-0.2, -0.15) is 0 Å². The van der Waals surface area contributed by atoms with Crippen LogP contribution in [0.4, 0.5) is 4.79 Å². The fourth-order valence-corrected chi connectivity index (χ4v) is 3.65. The van der Waals surface area contributed by atoms with Crippen LogP contribution < -0.4 is 15.4 Å². The minimum Gasteiger partial charge on any atom is -0.467 e. The van der Waals surface area contributed by atoms with E-state index in [0.29, 0.717) is 6.29 Å². The van der Waals surface area contributed by atoms with Crippen molar-refractivity contribution >= 4 is 36.2 Å². The number of esters is 3. The third kappa shape index (κ3) is 9.72. The van der Waals surface area contributed by atoms with E-state index in [9.17, 15) is 33.9 Å². The van der Waals surface area contributed by atoms with Crippen LogP contribution in [0.3, 0.4) is 0 Å². The zero-order chi connectivity index (χ0) is 30.9. The summed E-state index contributed by atoms with van der Waals surface area (Å²) in [5.74, 6) is -3.69. The summed E-state index contributed by atoms with van der Waals surface area (Å²) < 4.78 is 31.5. The van der Waals surface area contributed by atoms with E-state index in [1.54, 1.807) is 20.8 Å². The lowest BCUT2D eigenvalue weighted by molar-refractivity contribution is -0.279. The molecule has 0 aromatic heterocycles. The molecule has 5 atom stereocenters. The lowest BCUT2D eigenvalue weighted by atomic mass is 9.98. The Morgan fingerprint density at radius 2 is 1.61 bits per heavy atom. The molecule has 226 valence electrons. The van der Waals surface area contributed by atoms with Crippen LogP contribution in [0, 0.1) is 0 Å². The summed E-state index contributed by atoms with van der Waals surface area (Å²) >= 11 is 0. The van der Waals surface area contributed by atoms with Gasteiger partial charge in [0.2, 0.25) is 12.4 Å². The van der Waals surface area contributed by atoms with E-state index < -0.39 is 66.2 Å². The van der Waals surface area contributed by atoms with Crippen LogP contribution >= 0.6 is 0 Å². The van der Waals surface area contributed by atoms with Crippen molar-refractivity contribution in [2.75, 3.05) is 20.2 Å². The first-order valence-electron chi connectivity index (χ1n) is 12.4. The van der Waals surface area contributed by atoms with E-state index in [4.69, 9.17) is 23.7 Å². The summed E-state index contributed by atoms with van der Waals surface area (Å²) in [5, 5.41) is 15.7. The van der Waals surface area contributed by atoms with Gasteiger partial charge in [-0.3, -0.25) is 19.2 Å². The van der Waals surface area contributed by atoms with Gasteiger partial charge in [0.15, 0.2) is 12.2 Å². The maximum Gasteiger partial charge on any atom is 0.407 e. The molecular formula is C26H34N2O13. The fraction of sp³-hybridized carbons (Fsp3) is 0.538. The van der Waals surface area contributed by atoms with Crippen molar-refractivity contribution in [1.82, 2.24) is 10.6 Å². The highest BCUT2D eigenvalue weighted by Crippen LogP contribution is 2.31. The second kappa shape index (κ2) is 14.4. The van der Waals surface area contributed by atoms with Gasteiger partial charge in [-0.05, 0) is 39.0 Å². The van der Waals surface area contributed by atoms with Crippen LogP contribution in [0.5, 0.6) is 5.75 Å². The Hall–Kier alpha value is -4.24. The molecule has 41 heavy (non-hydrogen) atoms. The van der Waals surface area contributed by atoms with Crippen molar-refractivity contribution < 1.29 is 62.3 Å². The number of aliphatic hydroxyl groups excluding tert-OH is 1. The predicted molar refractivity (Wildman–Crippen MR) is 137 cm³/mol. The smallest absolute Gasteiger partial charge is 0.407 e. The predicted octanol–water partition coefficient (Wildman–Crippen LogP) is 0.255. The second-order valence-electron chi connectivity index (χ2n) is 9.76. The third-order valence-electron chi connectivity index (χ3n) is 5.26. The van der Waals surface area contributed by atoms with E-state index in [2.05, 4.69) is 15.4 Å². The largest absolute Gasteiger partial charge is 0.467 e. The van der Waals surface area contributed by atoms with Crippen LogP contribution in [0.15, 0.2) is 18.2 Å². The number of carbonyl (C=O) groups excluding carboxylic acids is 6. The maximum absolute atomic E-state index is 13.0. The number of ether oxygens (including phenoxy) is 6. The summed E-state index contributed by atoms with van der Waals surface area (Å²) in [4.78, 5) is 72.2. The molecule has 0 unspecified atom stereocenters. The molecule has 0 radical (unpaired) electrons. The Balaban J connectivity index is 2.33. The number of benzene rings is 1. The molecule has 1 aliphatic rings. The molecule has 1 saturated heterocycles. The van der Waals surface area contributed by atoms with Crippen molar-refractivity contribution in [1.29, 1.82) is 0 Å². The molecule has 1 heterocycles. The number of nitrogens with one attached hydrogen (secondary N) is 2. The van der Waals surface area contributed by atoms with Gasteiger partial charge in [0.1, 0.15) is 23.7 Å². The minimum atomic E-state index is -1.81. The number of alkyl carbamates (subject to hydrolysis) is 1. The van der Waals surface area contributed by atoms with Crippen LogP contribution in [0.1, 0.15) is 55.3 Å². The van der Waals surface area contributed by atoms with Gasteiger partial charge in [-0.25, -0.2) is 9.59 Å². The van der Waals surface area contributed by atoms with E-state index in [-0.39, 0.29) is 30.0 Å². The number of carbonyl (C=O) groups is 6. The lowest BCUT2D eigenvalue weighted by Crippen LogP contribution is -2.63. The van der Waals surface area contributed by atoms with Gasteiger partial charge in [0.25, 0.3) is 5.91 Å². The molecule has 1 aliphatic heterocycles. The van der Waals surface area contributed by atoms with Crippen molar-refractivity contribution in [3.05, 3.63) is 29.3 Å². The van der Waals surface area contributed by atoms with E-state index >= 15 is 0 Å². The number of rotatable bonds is 10. The molecule has 2 rings (SSSR count). The minimum absolute atomic E-state index is 0.00718. The summed E-state index contributed by atoms with van der Waals surface area (Å²) in [6.07, 6.45) is -8.65. The van der Waals surface area contributed by atoms with Crippen molar-refractivity contribution in [2.45, 2.75) is 70.9 Å². The molecule has 1 aromatic rings. The summed E-state index contributed by atoms with van der Waals surface area (Å²) in [7, 11) is 1.03. The van der Waals surface area contributed by atoms with Gasteiger partial charge in [-0.15, -0.1) is 0 Å². The molecular weight excluding hydrogens is 548 g/mol. The Bertz CT molecular complexity index is 1150. The molecule has 0 saturated carbocycles. The van der Waals surface area contributed by atoms with Crippen molar-refractivity contribution in [3.63, 3.8) is 0 Å². The molecule has 3 N–H and O–H groups in total. The molecule has 0 bridgehead atoms. The fourth-order valence-electron chi connectivity index (χ4n) is 3.65. The van der Waals surface area contributed by atoms with Gasteiger partial charge >= 0.3 is 24.0 Å². The highest BCUT2D eigenvalue weighted by atomic mass is 16.7. The van der Waals surface area contributed by atoms with Crippen LogP contribution in [-0.2, 0) is 38.1 Å². The highest BCUT2D eigenvalue weighted by molar-refractivity contribution is 5.98. The Morgan fingerprint density at radius 3 is 2.17 bits per heavy atom. The van der Waals surface area contributed by atoms with Crippen LogP contribution in [-0.4, -0.2) is 97.8 Å². The molecule has 0 aliphatic carbocycles. The summed E-state index contributed by atoms with van der Waals surface area (Å²) in [5.41, 5.74) is -0.768. The maximum atomic E-state index is 13.0. The molecule has 0 spiro atoms. The molecule has 2 amide bonds. The number of methoxy groups -OCH3 is 1.